The lowest BCUT2D eigenvalue weighted by molar-refractivity contribution is 0.222. The first-order valence-electron chi connectivity index (χ1n) is 5.89. The van der Waals surface area contributed by atoms with E-state index in [0.29, 0.717) is 13.1 Å². The quantitative estimate of drug-likeness (QED) is 0.884. The number of likely N-dealkylation sites (N-methyl/N-ethyl adjacent to an activating group) is 1. The van der Waals surface area contributed by atoms with Crippen LogP contribution in [-0.2, 0) is 6.54 Å². The predicted molar refractivity (Wildman–Crippen MR) is 68.4 cm³/mol. The molecule has 0 aliphatic heterocycles. The Balaban J connectivity index is 2.12. The van der Waals surface area contributed by atoms with Crippen LogP contribution in [0.3, 0.4) is 0 Å². The molecule has 0 radical (unpaired) electrons. The highest BCUT2D eigenvalue weighted by Gasteiger charge is 2.16. The molecule has 0 saturated carbocycles. The Morgan fingerprint density at radius 3 is 2.78 bits per heavy atom. The Labute approximate surface area is 106 Å². The van der Waals surface area contributed by atoms with Gasteiger partial charge in [-0.25, -0.2) is 4.39 Å². The van der Waals surface area contributed by atoms with E-state index in [0.717, 1.165) is 11.3 Å². The summed E-state index contributed by atoms with van der Waals surface area (Å²) < 4.78 is 18.5. The van der Waals surface area contributed by atoms with Crippen LogP contribution in [0, 0.1) is 5.82 Å². The van der Waals surface area contributed by atoms with Crippen LogP contribution in [0.5, 0.6) is 0 Å². The molecule has 1 aromatic heterocycles. The van der Waals surface area contributed by atoms with Crippen molar-refractivity contribution in [3.63, 3.8) is 0 Å². The van der Waals surface area contributed by atoms with Gasteiger partial charge in [-0.2, -0.15) is 0 Å². The molecule has 3 nitrogen and oxygen atoms in total. The number of hydrogen-bond donors (Lipinski definition) is 1. The third kappa shape index (κ3) is 2.97. The van der Waals surface area contributed by atoms with Crippen LogP contribution >= 0.6 is 0 Å². The second-order valence-electron chi connectivity index (χ2n) is 4.30. The smallest absolute Gasteiger partial charge is 0.123 e. The molecule has 0 bridgehead atoms. The summed E-state index contributed by atoms with van der Waals surface area (Å²) in [7, 11) is 1.95. The number of hydrogen-bond acceptors (Lipinski definition) is 3. The highest BCUT2D eigenvalue weighted by molar-refractivity contribution is 5.20. The van der Waals surface area contributed by atoms with Crippen molar-refractivity contribution < 1.29 is 8.81 Å². The molecule has 2 rings (SSSR count). The van der Waals surface area contributed by atoms with Gasteiger partial charge in [-0.05, 0) is 36.9 Å². The third-order valence-corrected chi connectivity index (χ3v) is 2.97. The molecule has 0 amide bonds. The molecular formula is C14H17FN2O. The van der Waals surface area contributed by atoms with Crippen molar-refractivity contribution in [3.05, 3.63) is 59.8 Å². The minimum absolute atomic E-state index is 0.0224. The Bertz CT molecular complexity index is 484. The van der Waals surface area contributed by atoms with Gasteiger partial charge in [-0.3, -0.25) is 4.90 Å². The molecule has 96 valence electrons. The van der Waals surface area contributed by atoms with Crippen LogP contribution in [0.2, 0.25) is 0 Å². The zero-order chi connectivity index (χ0) is 13.0. The first-order valence-corrected chi connectivity index (χ1v) is 5.89. The fourth-order valence-corrected chi connectivity index (χ4v) is 2.04. The lowest BCUT2D eigenvalue weighted by Gasteiger charge is -2.26. The molecule has 2 N–H and O–H groups in total. The summed E-state index contributed by atoms with van der Waals surface area (Å²) in [4.78, 5) is 2.05. The van der Waals surface area contributed by atoms with Crippen LogP contribution in [0.25, 0.3) is 0 Å². The van der Waals surface area contributed by atoms with E-state index in [9.17, 15) is 4.39 Å². The van der Waals surface area contributed by atoms with Crippen LogP contribution in [0.15, 0.2) is 47.1 Å². The van der Waals surface area contributed by atoms with Gasteiger partial charge in [0.1, 0.15) is 11.6 Å². The van der Waals surface area contributed by atoms with E-state index in [1.54, 1.807) is 12.3 Å². The number of rotatable bonds is 5. The fraction of sp³-hybridized carbons (Fsp3) is 0.286. The SMILES string of the molecule is CN(Cc1ccco1)C(CN)c1cccc(F)c1. The fourth-order valence-electron chi connectivity index (χ4n) is 2.04. The van der Waals surface area contributed by atoms with Gasteiger partial charge < -0.3 is 10.2 Å². The standard InChI is InChI=1S/C14H17FN2O/c1-17(10-13-6-3-7-18-13)14(9-16)11-4-2-5-12(15)8-11/h2-8,14H,9-10,16H2,1H3. The number of nitrogens with two attached hydrogens (primary N) is 1. The van der Waals surface area contributed by atoms with E-state index < -0.39 is 0 Å². The summed E-state index contributed by atoms with van der Waals surface area (Å²) in [5, 5.41) is 0. The van der Waals surface area contributed by atoms with Crippen molar-refractivity contribution in [2.24, 2.45) is 5.73 Å². The highest BCUT2D eigenvalue weighted by atomic mass is 19.1. The van der Waals surface area contributed by atoms with Crippen molar-refractivity contribution in [2.45, 2.75) is 12.6 Å². The van der Waals surface area contributed by atoms with Gasteiger partial charge in [0, 0.05) is 12.6 Å². The molecule has 4 heteroatoms. The summed E-state index contributed by atoms with van der Waals surface area (Å²) in [5.41, 5.74) is 6.67. The molecule has 0 aliphatic rings. The first-order chi connectivity index (χ1) is 8.70. The van der Waals surface area contributed by atoms with E-state index >= 15 is 0 Å². The van der Waals surface area contributed by atoms with E-state index in [4.69, 9.17) is 10.2 Å². The van der Waals surface area contributed by atoms with Crippen LogP contribution < -0.4 is 5.73 Å². The zero-order valence-electron chi connectivity index (χ0n) is 10.3. The van der Waals surface area contributed by atoms with E-state index in [1.807, 2.05) is 30.1 Å². The normalized spacial score (nSPS) is 12.9. The largest absolute Gasteiger partial charge is 0.468 e. The Morgan fingerprint density at radius 2 is 2.17 bits per heavy atom. The van der Waals surface area contributed by atoms with Gasteiger partial charge >= 0.3 is 0 Å². The zero-order valence-corrected chi connectivity index (χ0v) is 10.3. The topological polar surface area (TPSA) is 42.4 Å². The number of benzene rings is 1. The molecule has 18 heavy (non-hydrogen) atoms. The third-order valence-electron chi connectivity index (χ3n) is 2.97. The molecule has 1 unspecified atom stereocenters. The maximum absolute atomic E-state index is 13.2. The lowest BCUT2D eigenvalue weighted by atomic mass is 10.1. The minimum Gasteiger partial charge on any atom is -0.468 e. The summed E-state index contributed by atoms with van der Waals surface area (Å²) in [6.07, 6.45) is 1.64. The Morgan fingerprint density at radius 1 is 1.33 bits per heavy atom. The monoisotopic (exact) mass is 248 g/mol. The lowest BCUT2D eigenvalue weighted by Crippen LogP contribution is -2.30. The Hall–Kier alpha value is -1.65. The molecule has 1 aromatic carbocycles. The summed E-state index contributed by atoms with van der Waals surface area (Å²) in [6, 6.07) is 10.3. The molecule has 1 atom stereocenters. The molecule has 1 heterocycles. The van der Waals surface area contributed by atoms with Crippen molar-refractivity contribution in [1.82, 2.24) is 4.90 Å². The minimum atomic E-state index is -0.239. The van der Waals surface area contributed by atoms with Gasteiger partial charge in [0.2, 0.25) is 0 Å². The van der Waals surface area contributed by atoms with Gasteiger partial charge in [0.15, 0.2) is 0 Å². The average Bonchev–Trinajstić information content (AvgIpc) is 2.83. The van der Waals surface area contributed by atoms with Crippen molar-refractivity contribution in [2.75, 3.05) is 13.6 Å². The highest BCUT2D eigenvalue weighted by Crippen LogP contribution is 2.21. The van der Waals surface area contributed by atoms with Gasteiger partial charge in [0.25, 0.3) is 0 Å². The van der Waals surface area contributed by atoms with Crippen molar-refractivity contribution in [3.8, 4) is 0 Å². The second-order valence-corrected chi connectivity index (χ2v) is 4.30. The first kappa shape index (κ1) is 12.8. The maximum Gasteiger partial charge on any atom is 0.123 e. The van der Waals surface area contributed by atoms with Gasteiger partial charge in [0.05, 0.1) is 12.8 Å². The van der Waals surface area contributed by atoms with Crippen molar-refractivity contribution in [1.29, 1.82) is 0 Å². The second kappa shape index (κ2) is 5.80. The van der Waals surface area contributed by atoms with Gasteiger partial charge in [-0.1, -0.05) is 12.1 Å². The van der Waals surface area contributed by atoms with Crippen molar-refractivity contribution >= 4 is 0 Å². The van der Waals surface area contributed by atoms with Crippen LogP contribution in [0.1, 0.15) is 17.4 Å². The Kier molecular flexibility index (Phi) is 4.12. The number of halogens is 1. The molecule has 2 aromatic rings. The number of nitrogens with zero attached hydrogens (tertiary/aromatic N) is 1. The predicted octanol–water partition coefficient (Wildman–Crippen LogP) is 2.55. The molecular weight excluding hydrogens is 231 g/mol. The maximum atomic E-state index is 13.2. The van der Waals surface area contributed by atoms with Crippen LogP contribution in [0.4, 0.5) is 4.39 Å². The summed E-state index contributed by atoms with van der Waals surface area (Å²) >= 11 is 0. The molecule has 0 spiro atoms. The summed E-state index contributed by atoms with van der Waals surface area (Å²) in [6.45, 7) is 1.08. The molecule has 0 aliphatic carbocycles. The van der Waals surface area contributed by atoms with E-state index in [1.165, 1.54) is 12.1 Å². The summed E-state index contributed by atoms with van der Waals surface area (Å²) in [5.74, 6) is 0.629. The van der Waals surface area contributed by atoms with E-state index in [-0.39, 0.29) is 11.9 Å². The van der Waals surface area contributed by atoms with E-state index in [2.05, 4.69) is 0 Å². The molecule has 0 fully saturated rings. The van der Waals surface area contributed by atoms with Crippen LogP contribution in [-0.4, -0.2) is 18.5 Å². The number of furan rings is 1. The average molecular weight is 248 g/mol. The molecule has 0 saturated heterocycles. The van der Waals surface area contributed by atoms with Gasteiger partial charge in [-0.15, -0.1) is 0 Å².